The van der Waals surface area contributed by atoms with E-state index in [4.69, 9.17) is 27.9 Å². The number of carboxylic acid groups (broad SMARTS) is 1. The standard InChI is InChI=1S/C30H25ClF2N2O3S.C28H21ClF2N2O3S.Na/c1-2-38-30(37)19-7-5-9-23(25(19)32)39-29-20-12-13-21(31)26(33)28(20)35(27(29)18-10-11-18)16-24(36)34-15-14-17-6-3-4-8-22(17)34;29-19-11-10-18-26(24(19)31)33(14-22(34)32-13-12-15-4-1-2-6-20(15)32)25(16-8-9-16)27(18)37-21-7-3-5-17(23(21)30)28(35)36;/h3-9,12-13,18H,2,10-11,14-16H2,1H3;1-7,10-11,16H,8-9,12-14H2,(H,35,36);/q;;+1/p-1. The van der Waals surface area contributed by atoms with Gasteiger partial charge in [-0.1, -0.05) is 101 Å². The third kappa shape index (κ3) is 10.4. The molecule has 2 aliphatic carbocycles. The van der Waals surface area contributed by atoms with Gasteiger partial charge in [-0.05, 0) is 111 Å². The van der Waals surface area contributed by atoms with E-state index < -0.39 is 40.8 Å². The Morgan fingerprint density at radius 1 is 0.584 bits per heavy atom. The van der Waals surface area contributed by atoms with Crippen LogP contribution in [-0.4, -0.2) is 52.6 Å². The maximum Gasteiger partial charge on any atom is 1.00 e. The number of carbonyl (C=O) groups excluding carboxylic acids is 4. The molecule has 0 saturated heterocycles. The number of aromatic carboxylic acids is 1. The molecule has 6 aromatic carbocycles. The molecule has 0 bridgehead atoms. The number of hydrogen-bond acceptors (Lipinski definition) is 8. The van der Waals surface area contributed by atoms with Crippen LogP contribution in [0.3, 0.4) is 0 Å². The molecule has 8 aromatic rings. The van der Waals surface area contributed by atoms with Crippen LogP contribution in [0.25, 0.3) is 21.8 Å². The van der Waals surface area contributed by atoms with Crippen molar-refractivity contribution in [1.29, 1.82) is 0 Å². The zero-order valence-corrected chi connectivity index (χ0v) is 46.8. The summed E-state index contributed by atoms with van der Waals surface area (Å²) in [4.78, 5) is 55.9. The average Bonchev–Trinajstić information content (AvgIpc) is 4.29. The molecular weight excluding hydrogens is 1080 g/mol. The Morgan fingerprint density at radius 2 is 1.01 bits per heavy atom. The van der Waals surface area contributed by atoms with E-state index >= 15 is 17.6 Å². The maximum absolute atomic E-state index is 15.7. The van der Waals surface area contributed by atoms with Gasteiger partial charge in [-0.15, -0.1) is 0 Å². The molecule has 0 radical (unpaired) electrons. The molecule has 2 saturated carbocycles. The Bertz CT molecular complexity index is 3720. The zero-order valence-electron chi connectivity index (χ0n) is 41.6. The summed E-state index contributed by atoms with van der Waals surface area (Å²) in [6, 6.07) is 30.4. The summed E-state index contributed by atoms with van der Waals surface area (Å²) in [5.74, 6) is -5.36. The molecule has 0 N–H and O–H groups in total. The summed E-state index contributed by atoms with van der Waals surface area (Å²) in [6.45, 7) is 2.72. The van der Waals surface area contributed by atoms with E-state index in [1.165, 1.54) is 30.3 Å². The van der Waals surface area contributed by atoms with Crippen LogP contribution in [0.15, 0.2) is 129 Å². The van der Waals surface area contributed by atoms with Crippen molar-refractivity contribution >= 4 is 104 Å². The molecule has 19 heteroatoms. The quantitative estimate of drug-likeness (QED) is 0.0637. The van der Waals surface area contributed by atoms with E-state index in [1.807, 2.05) is 48.5 Å². The molecule has 2 aliphatic heterocycles. The van der Waals surface area contributed by atoms with Gasteiger partial charge in [0.2, 0.25) is 11.8 Å². The number of nitrogens with zero attached hydrogens (tertiary/aromatic N) is 4. The predicted molar refractivity (Wildman–Crippen MR) is 284 cm³/mol. The van der Waals surface area contributed by atoms with E-state index in [1.54, 1.807) is 50.1 Å². The van der Waals surface area contributed by atoms with Crippen LogP contribution in [0.4, 0.5) is 28.9 Å². The number of ether oxygens (including phenoxy) is 1. The van der Waals surface area contributed by atoms with Gasteiger partial charge in [0.15, 0.2) is 17.5 Å². The molecule has 12 rings (SSSR count). The van der Waals surface area contributed by atoms with E-state index in [-0.39, 0.29) is 109 Å². The van der Waals surface area contributed by atoms with Gasteiger partial charge in [0.05, 0.1) is 39.2 Å². The van der Waals surface area contributed by atoms with Crippen molar-refractivity contribution in [1.82, 2.24) is 9.13 Å². The van der Waals surface area contributed by atoms with Gasteiger partial charge in [-0.3, -0.25) is 9.59 Å². The Hall–Kier alpha value is -5.72. The fourth-order valence-electron chi connectivity index (χ4n) is 10.4. The SMILES string of the molecule is CCOC(=O)c1cccc(Sc2c(C3CC3)n(CC(=O)N3CCc4ccccc43)c3c(F)c(Cl)ccc23)c1F.O=C([O-])c1cccc(Sc2c(C3CC3)n(CC(=O)N3CCc4ccccc43)c3c(F)c(Cl)ccc23)c1F.[Na+]. The molecule has 4 heterocycles. The summed E-state index contributed by atoms with van der Waals surface area (Å²) in [5, 5.41) is 12.3. The number of esters is 1. The van der Waals surface area contributed by atoms with Crippen molar-refractivity contribution < 1.29 is 76.1 Å². The molecule has 0 atom stereocenters. The first-order valence-electron chi connectivity index (χ1n) is 24.8. The Balaban J connectivity index is 0.000000173. The van der Waals surface area contributed by atoms with Gasteiger partial charge < -0.3 is 33.6 Å². The minimum atomic E-state index is -1.61. The number of benzene rings is 6. The number of anilines is 2. The van der Waals surface area contributed by atoms with Gasteiger partial charge in [-0.2, -0.15) is 0 Å². The summed E-state index contributed by atoms with van der Waals surface area (Å²) < 4.78 is 70.2. The fourth-order valence-corrected chi connectivity index (χ4v) is 13.1. The van der Waals surface area contributed by atoms with Crippen molar-refractivity contribution in [3.05, 3.63) is 176 Å². The smallest absolute Gasteiger partial charge is 0.545 e. The number of rotatable bonds is 13. The third-order valence-corrected chi connectivity index (χ3v) is 17.1. The second-order valence-corrected chi connectivity index (χ2v) is 21.9. The van der Waals surface area contributed by atoms with Crippen molar-refractivity contribution in [3.8, 4) is 0 Å². The molecule has 2 aromatic heterocycles. The minimum absolute atomic E-state index is 0. The van der Waals surface area contributed by atoms with Gasteiger partial charge in [0.25, 0.3) is 0 Å². The fraction of sp³-hybridized carbons (Fsp3) is 0.241. The van der Waals surface area contributed by atoms with Crippen LogP contribution in [0.2, 0.25) is 10.0 Å². The molecule has 10 nitrogen and oxygen atoms in total. The zero-order chi connectivity index (χ0) is 53.1. The first kappa shape index (κ1) is 54.6. The van der Waals surface area contributed by atoms with Crippen LogP contribution in [0, 0.1) is 23.3 Å². The number of fused-ring (bicyclic) bond motifs is 4. The van der Waals surface area contributed by atoms with Crippen LogP contribution < -0.4 is 44.5 Å². The van der Waals surface area contributed by atoms with Gasteiger partial charge in [0.1, 0.15) is 18.9 Å². The molecule has 2 amide bonds. The van der Waals surface area contributed by atoms with Crippen molar-refractivity contribution in [2.75, 3.05) is 29.5 Å². The number of aromatic nitrogens is 2. The normalized spacial score (nSPS) is 14.5. The van der Waals surface area contributed by atoms with Crippen molar-refractivity contribution in [2.45, 2.75) is 90.0 Å². The largest absolute Gasteiger partial charge is 1.00 e. The van der Waals surface area contributed by atoms with Crippen molar-refractivity contribution in [2.24, 2.45) is 0 Å². The Kier molecular flexibility index (Phi) is 16.0. The molecular formula is C58H45Cl2F4N4NaO6S2. The third-order valence-electron chi connectivity index (χ3n) is 14.2. The summed E-state index contributed by atoms with van der Waals surface area (Å²) in [6.07, 6.45) is 4.97. The molecule has 388 valence electrons. The molecule has 0 unspecified atom stereocenters. The monoisotopic (exact) mass is 1130 g/mol. The van der Waals surface area contributed by atoms with Gasteiger partial charge >= 0.3 is 35.5 Å². The first-order valence-corrected chi connectivity index (χ1v) is 27.2. The number of halogens is 6. The van der Waals surface area contributed by atoms with E-state index in [0.717, 1.165) is 102 Å². The summed E-state index contributed by atoms with van der Waals surface area (Å²) >= 11 is 14.5. The number of para-hydroxylation sites is 2. The topological polar surface area (TPSA) is 117 Å². The van der Waals surface area contributed by atoms with E-state index in [9.17, 15) is 24.3 Å². The maximum atomic E-state index is 15.7. The average molecular weight is 1130 g/mol. The summed E-state index contributed by atoms with van der Waals surface area (Å²) in [7, 11) is 0. The summed E-state index contributed by atoms with van der Waals surface area (Å²) in [5.41, 5.74) is 5.16. The first-order chi connectivity index (χ1) is 36.7. The van der Waals surface area contributed by atoms with Crippen LogP contribution in [-0.2, 0) is 40.3 Å². The number of carboxylic acids is 1. The minimum Gasteiger partial charge on any atom is -0.545 e. The van der Waals surface area contributed by atoms with Gasteiger partial charge in [-0.25, -0.2) is 22.4 Å². The van der Waals surface area contributed by atoms with Gasteiger partial charge in [0, 0.05) is 83.6 Å². The second-order valence-electron chi connectivity index (χ2n) is 19.0. The number of amides is 2. The van der Waals surface area contributed by atoms with Crippen LogP contribution >= 0.6 is 46.7 Å². The Labute approximate surface area is 480 Å². The van der Waals surface area contributed by atoms with Crippen LogP contribution in [0.1, 0.15) is 87.7 Å². The van der Waals surface area contributed by atoms with Crippen LogP contribution in [0.5, 0.6) is 0 Å². The van der Waals surface area contributed by atoms with Crippen molar-refractivity contribution in [3.63, 3.8) is 0 Å². The second kappa shape index (κ2) is 22.6. The van der Waals surface area contributed by atoms with E-state index in [0.29, 0.717) is 33.7 Å². The number of hydrogen-bond donors (Lipinski definition) is 0. The van der Waals surface area contributed by atoms with E-state index in [2.05, 4.69) is 0 Å². The number of carbonyl (C=O) groups is 4. The molecule has 2 fully saturated rings. The predicted octanol–water partition coefficient (Wildman–Crippen LogP) is 9.93. The Morgan fingerprint density at radius 3 is 1.44 bits per heavy atom. The molecule has 77 heavy (non-hydrogen) atoms. The molecule has 4 aliphatic rings. The molecule has 0 spiro atoms.